The van der Waals surface area contributed by atoms with E-state index in [4.69, 9.17) is 10.8 Å². The summed E-state index contributed by atoms with van der Waals surface area (Å²) in [6.45, 7) is 0.113. The van der Waals surface area contributed by atoms with Crippen molar-refractivity contribution >= 4 is 16.7 Å². The Kier molecular flexibility index (Phi) is 3.40. The molecule has 1 amide bonds. The smallest absolute Gasteiger partial charge is 0.248 e. The van der Waals surface area contributed by atoms with E-state index in [1.807, 2.05) is 30.3 Å². The summed E-state index contributed by atoms with van der Waals surface area (Å²) < 4.78 is 0. The van der Waals surface area contributed by atoms with E-state index in [0.717, 1.165) is 16.3 Å². The Morgan fingerprint density at radius 1 is 1.18 bits per heavy atom. The fourth-order valence-electron chi connectivity index (χ4n) is 2.09. The van der Waals surface area contributed by atoms with Gasteiger partial charge in [0.25, 0.3) is 0 Å². The van der Waals surface area contributed by atoms with E-state index >= 15 is 0 Å². The van der Waals surface area contributed by atoms with Crippen LogP contribution in [0.3, 0.4) is 0 Å². The number of carbonyl (C=O) groups excluding carboxylic acids is 1. The lowest BCUT2D eigenvalue weighted by atomic mass is 9.95. The first-order chi connectivity index (χ1) is 8.24. The van der Waals surface area contributed by atoms with Crippen LogP contribution in [0.25, 0.3) is 10.8 Å². The molecule has 3 N–H and O–H groups in total. The molecule has 2 aromatic carbocycles. The highest BCUT2D eigenvalue weighted by Crippen LogP contribution is 2.23. The average Bonchev–Trinajstić information content (AvgIpc) is 2.35. The van der Waals surface area contributed by atoms with E-state index < -0.39 is 5.91 Å². The van der Waals surface area contributed by atoms with Crippen molar-refractivity contribution in [2.45, 2.75) is 12.8 Å². The summed E-state index contributed by atoms with van der Waals surface area (Å²) in [6, 6.07) is 11.5. The predicted octanol–water partition coefficient (Wildman–Crippen LogP) is 1.86. The minimum Gasteiger partial charge on any atom is -0.396 e. The maximum absolute atomic E-state index is 11.4. The van der Waals surface area contributed by atoms with Crippen molar-refractivity contribution < 1.29 is 9.90 Å². The van der Waals surface area contributed by atoms with Gasteiger partial charge in [-0.1, -0.05) is 30.3 Å². The molecule has 0 radical (unpaired) electrons. The second kappa shape index (κ2) is 4.97. The zero-order valence-electron chi connectivity index (χ0n) is 9.52. The van der Waals surface area contributed by atoms with Crippen molar-refractivity contribution in [2.75, 3.05) is 6.61 Å². The molecule has 0 saturated carbocycles. The van der Waals surface area contributed by atoms with Crippen molar-refractivity contribution in [3.63, 3.8) is 0 Å². The summed E-state index contributed by atoms with van der Waals surface area (Å²) in [5, 5.41) is 11.0. The van der Waals surface area contributed by atoms with E-state index in [1.165, 1.54) is 0 Å². The first kappa shape index (κ1) is 11.6. The van der Waals surface area contributed by atoms with Gasteiger partial charge in [0.05, 0.1) is 0 Å². The number of hydrogen-bond donors (Lipinski definition) is 2. The third kappa shape index (κ3) is 2.29. The lowest BCUT2D eigenvalue weighted by Crippen LogP contribution is -2.14. The molecule has 0 atom stereocenters. The maximum Gasteiger partial charge on any atom is 0.248 e. The van der Waals surface area contributed by atoms with Gasteiger partial charge >= 0.3 is 0 Å². The molecule has 3 nitrogen and oxygen atoms in total. The van der Waals surface area contributed by atoms with E-state index in [2.05, 4.69) is 0 Å². The number of rotatable bonds is 4. The van der Waals surface area contributed by atoms with Crippen molar-refractivity contribution in [3.8, 4) is 0 Å². The molecular weight excluding hydrogens is 214 g/mol. The first-order valence-corrected chi connectivity index (χ1v) is 5.65. The quantitative estimate of drug-likeness (QED) is 0.840. The van der Waals surface area contributed by atoms with Gasteiger partial charge in [-0.2, -0.15) is 0 Å². The van der Waals surface area contributed by atoms with Crippen LogP contribution in [0, 0.1) is 0 Å². The SMILES string of the molecule is NC(=O)c1ccc2ccccc2c1CCCO. The normalized spacial score (nSPS) is 10.6. The summed E-state index contributed by atoms with van der Waals surface area (Å²) in [5.41, 5.74) is 6.86. The molecule has 0 fully saturated rings. The lowest BCUT2D eigenvalue weighted by Gasteiger charge is -2.10. The number of benzene rings is 2. The molecule has 2 rings (SSSR count). The number of nitrogens with two attached hydrogens (primary N) is 1. The van der Waals surface area contributed by atoms with Crippen LogP contribution in [0.2, 0.25) is 0 Å². The monoisotopic (exact) mass is 229 g/mol. The fourth-order valence-corrected chi connectivity index (χ4v) is 2.09. The molecule has 88 valence electrons. The van der Waals surface area contributed by atoms with Crippen molar-refractivity contribution in [1.82, 2.24) is 0 Å². The van der Waals surface area contributed by atoms with Gasteiger partial charge in [-0.3, -0.25) is 4.79 Å². The highest BCUT2D eigenvalue weighted by molar-refractivity contribution is 6.00. The Morgan fingerprint density at radius 3 is 2.65 bits per heavy atom. The Balaban J connectivity index is 2.61. The van der Waals surface area contributed by atoms with Crippen molar-refractivity contribution in [3.05, 3.63) is 47.5 Å². The number of amides is 1. The average molecular weight is 229 g/mol. The third-order valence-corrected chi connectivity index (χ3v) is 2.89. The molecule has 0 aliphatic heterocycles. The van der Waals surface area contributed by atoms with E-state index in [-0.39, 0.29) is 6.61 Å². The molecule has 2 aromatic rings. The molecule has 17 heavy (non-hydrogen) atoms. The summed E-state index contributed by atoms with van der Waals surface area (Å²) in [4.78, 5) is 11.4. The van der Waals surface area contributed by atoms with Crippen molar-refractivity contribution in [2.24, 2.45) is 5.73 Å². The third-order valence-electron chi connectivity index (χ3n) is 2.89. The molecule has 0 aliphatic rings. The van der Waals surface area contributed by atoms with Gasteiger partial charge in [-0.25, -0.2) is 0 Å². The van der Waals surface area contributed by atoms with Crippen LogP contribution in [-0.4, -0.2) is 17.6 Å². The van der Waals surface area contributed by atoms with Gasteiger partial charge in [-0.05, 0) is 35.2 Å². The summed E-state index contributed by atoms with van der Waals surface area (Å²) >= 11 is 0. The van der Waals surface area contributed by atoms with Gasteiger partial charge < -0.3 is 10.8 Å². The number of aryl methyl sites for hydroxylation is 1. The maximum atomic E-state index is 11.4. The summed E-state index contributed by atoms with van der Waals surface area (Å²) in [6.07, 6.45) is 1.30. The van der Waals surface area contributed by atoms with Crippen molar-refractivity contribution in [1.29, 1.82) is 0 Å². The zero-order valence-corrected chi connectivity index (χ0v) is 9.52. The molecular formula is C14H15NO2. The van der Waals surface area contributed by atoms with E-state index in [1.54, 1.807) is 6.07 Å². The number of aliphatic hydroxyl groups is 1. The molecule has 0 heterocycles. The molecule has 0 bridgehead atoms. The molecule has 3 heteroatoms. The summed E-state index contributed by atoms with van der Waals surface area (Å²) in [5.74, 6) is -0.413. The van der Waals surface area contributed by atoms with Crippen LogP contribution >= 0.6 is 0 Å². The molecule has 0 aliphatic carbocycles. The number of hydrogen-bond acceptors (Lipinski definition) is 2. The highest BCUT2D eigenvalue weighted by Gasteiger charge is 2.11. The zero-order chi connectivity index (χ0) is 12.3. The Bertz CT molecular complexity index is 549. The van der Waals surface area contributed by atoms with Gasteiger partial charge in [0.1, 0.15) is 0 Å². The topological polar surface area (TPSA) is 63.3 Å². The predicted molar refractivity (Wildman–Crippen MR) is 67.9 cm³/mol. The van der Waals surface area contributed by atoms with Crippen LogP contribution < -0.4 is 5.73 Å². The van der Waals surface area contributed by atoms with Crippen LogP contribution in [-0.2, 0) is 6.42 Å². The molecule has 0 aromatic heterocycles. The number of aliphatic hydroxyl groups excluding tert-OH is 1. The minimum atomic E-state index is -0.413. The second-order valence-corrected chi connectivity index (χ2v) is 4.00. The highest BCUT2D eigenvalue weighted by atomic mass is 16.2. The van der Waals surface area contributed by atoms with E-state index in [0.29, 0.717) is 18.4 Å². The minimum absolute atomic E-state index is 0.113. The molecule has 0 saturated heterocycles. The Morgan fingerprint density at radius 2 is 1.94 bits per heavy atom. The van der Waals surface area contributed by atoms with Crippen LogP contribution in [0.4, 0.5) is 0 Å². The van der Waals surface area contributed by atoms with E-state index in [9.17, 15) is 4.79 Å². The Hall–Kier alpha value is -1.87. The van der Waals surface area contributed by atoms with Gasteiger partial charge in [0.2, 0.25) is 5.91 Å². The lowest BCUT2D eigenvalue weighted by molar-refractivity contribution is 0.0999. The summed E-state index contributed by atoms with van der Waals surface area (Å²) in [7, 11) is 0. The van der Waals surface area contributed by atoms with Crippen LogP contribution in [0.5, 0.6) is 0 Å². The van der Waals surface area contributed by atoms with Gasteiger partial charge in [0.15, 0.2) is 0 Å². The van der Waals surface area contributed by atoms with Crippen LogP contribution in [0.15, 0.2) is 36.4 Å². The molecule has 0 spiro atoms. The largest absolute Gasteiger partial charge is 0.396 e. The van der Waals surface area contributed by atoms with Gasteiger partial charge in [-0.15, -0.1) is 0 Å². The fraction of sp³-hybridized carbons (Fsp3) is 0.214. The van der Waals surface area contributed by atoms with Gasteiger partial charge in [0, 0.05) is 12.2 Å². The Labute approximate surface area is 99.9 Å². The number of carbonyl (C=O) groups is 1. The second-order valence-electron chi connectivity index (χ2n) is 4.00. The number of primary amides is 1. The standard InChI is InChI=1S/C14H15NO2/c15-14(17)13-8-7-10-4-1-2-5-11(10)12(13)6-3-9-16/h1-2,4-5,7-8,16H,3,6,9H2,(H2,15,17). The number of fused-ring (bicyclic) bond motifs is 1. The van der Waals surface area contributed by atoms with Crippen LogP contribution in [0.1, 0.15) is 22.3 Å². The first-order valence-electron chi connectivity index (χ1n) is 5.65. The molecule has 0 unspecified atom stereocenters.